The van der Waals surface area contributed by atoms with E-state index in [9.17, 15) is 13.2 Å². The number of alkyl halides is 3. The van der Waals surface area contributed by atoms with Crippen LogP contribution in [0.5, 0.6) is 0 Å². The topological polar surface area (TPSA) is 59.3 Å². The molecule has 1 aliphatic rings. The molecule has 1 fully saturated rings. The highest BCUT2D eigenvalue weighted by Crippen LogP contribution is 2.26. The lowest BCUT2D eigenvalue weighted by Crippen LogP contribution is -2.43. The van der Waals surface area contributed by atoms with Crippen molar-refractivity contribution in [3.8, 4) is 6.07 Å². The highest BCUT2D eigenvalue weighted by molar-refractivity contribution is 4.91. The zero-order valence-electron chi connectivity index (χ0n) is 10.1. The van der Waals surface area contributed by atoms with Crippen LogP contribution in [-0.2, 0) is 0 Å². The highest BCUT2D eigenvalue weighted by atomic mass is 19.4. The number of aliphatic hydroxyl groups is 1. The molecule has 0 bridgehead atoms. The predicted octanol–water partition coefficient (Wildman–Crippen LogP) is 0.735. The van der Waals surface area contributed by atoms with Gasteiger partial charge in [0.05, 0.1) is 12.7 Å². The van der Waals surface area contributed by atoms with Gasteiger partial charge in [0.15, 0.2) is 5.92 Å². The summed E-state index contributed by atoms with van der Waals surface area (Å²) < 4.78 is 37.5. The first-order chi connectivity index (χ1) is 8.47. The van der Waals surface area contributed by atoms with Gasteiger partial charge in [-0.05, 0) is 19.4 Å². The number of hydrogen-bond donors (Lipinski definition) is 2. The maximum atomic E-state index is 12.5. The lowest BCUT2D eigenvalue weighted by atomic mass is 10.1. The molecular formula is C11H18F3N3O. The van der Waals surface area contributed by atoms with Crippen molar-refractivity contribution in [3.63, 3.8) is 0 Å². The summed E-state index contributed by atoms with van der Waals surface area (Å²) in [5, 5.41) is 20.6. The Kier molecular flexibility index (Phi) is 5.85. The van der Waals surface area contributed by atoms with E-state index in [0.29, 0.717) is 6.54 Å². The van der Waals surface area contributed by atoms with Crippen LogP contribution in [0.3, 0.4) is 0 Å². The summed E-state index contributed by atoms with van der Waals surface area (Å²) in [5.41, 5.74) is 0. The molecule has 2 atom stereocenters. The van der Waals surface area contributed by atoms with Crippen molar-refractivity contribution in [2.45, 2.75) is 25.1 Å². The Morgan fingerprint density at radius 2 is 2.22 bits per heavy atom. The summed E-state index contributed by atoms with van der Waals surface area (Å²) in [6.07, 6.45) is -2.57. The molecule has 1 heterocycles. The Morgan fingerprint density at radius 3 is 2.67 bits per heavy atom. The second-order valence-corrected chi connectivity index (χ2v) is 4.50. The minimum atomic E-state index is -4.51. The standard InChI is InChI=1S/C11H18F3N3O/c12-11(13,14)9(6-15)7-17(4-5-18)8-10-2-1-3-16-10/h9-10,16,18H,1-5,7-8H2. The van der Waals surface area contributed by atoms with Crippen LogP contribution in [0.25, 0.3) is 0 Å². The smallest absolute Gasteiger partial charge is 0.395 e. The molecule has 0 aromatic heterocycles. The Labute approximate surface area is 104 Å². The fraction of sp³-hybridized carbons (Fsp3) is 0.909. The quantitative estimate of drug-likeness (QED) is 0.743. The second kappa shape index (κ2) is 6.92. The van der Waals surface area contributed by atoms with Crippen molar-refractivity contribution in [1.29, 1.82) is 5.26 Å². The monoisotopic (exact) mass is 265 g/mol. The van der Waals surface area contributed by atoms with E-state index >= 15 is 0 Å². The van der Waals surface area contributed by atoms with E-state index in [1.165, 1.54) is 11.0 Å². The molecule has 0 aliphatic carbocycles. The molecule has 2 unspecified atom stereocenters. The van der Waals surface area contributed by atoms with Crippen LogP contribution in [-0.4, -0.2) is 55.0 Å². The Balaban J connectivity index is 2.52. The number of nitriles is 1. The van der Waals surface area contributed by atoms with Gasteiger partial charge in [-0.25, -0.2) is 0 Å². The Bertz CT molecular complexity index is 284. The lowest BCUT2D eigenvalue weighted by molar-refractivity contribution is -0.163. The van der Waals surface area contributed by atoms with Crippen LogP contribution in [0.1, 0.15) is 12.8 Å². The van der Waals surface area contributed by atoms with Crippen LogP contribution in [0.2, 0.25) is 0 Å². The average Bonchev–Trinajstić information content (AvgIpc) is 2.77. The lowest BCUT2D eigenvalue weighted by Gasteiger charge is -2.27. The van der Waals surface area contributed by atoms with Gasteiger partial charge in [-0.2, -0.15) is 18.4 Å². The third-order valence-electron chi connectivity index (χ3n) is 3.05. The van der Waals surface area contributed by atoms with Crippen LogP contribution in [0.4, 0.5) is 13.2 Å². The van der Waals surface area contributed by atoms with Gasteiger partial charge in [0.2, 0.25) is 0 Å². The third-order valence-corrected chi connectivity index (χ3v) is 3.05. The van der Waals surface area contributed by atoms with Crippen molar-refractivity contribution >= 4 is 0 Å². The van der Waals surface area contributed by atoms with Crippen molar-refractivity contribution in [2.75, 3.05) is 32.8 Å². The van der Waals surface area contributed by atoms with Gasteiger partial charge < -0.3 is 10.4 Å². The molecule has 104 valence electrons. The van der Waals surface area contributed by atoms with Gasteiger partial charge in [0.25, 0.3) is 0 Å². The third kappa shape index (κ3) is 4.80. The largest absolute Gasteiger partial charge is 0.405 e. The average molecular weight is 265 g/mol. The highest BCUT2D eigenvalue weighted by Gasteiger charge is 2.41. The van der Waals surface area contributed by atoms with Gasteiger partial charge in [-0.3, -0.25) is 4.90 Å². The molecule has 0 aromatic rings. The minimum Gasteiger partial charge on any atom is -0.395 e. The number of hydrogen-bond acceptors (Lipinski definition) is 4. The van der Waals surface area contributed by atoms with Crippen LogP contribution in [0.15, 0.2) is 0 Å². The maximum Gasteiger partial charge on any atom is 0.405 e. The summed E-state index contributed by atoms with van der Waals surface area (Å²) in [6.45, 7) is 0.890. The first kappa shape index (κ1) is 15.2. The molecule has 0 amide bonds. The van der Waals surface area contributed by atoms with E-state index in [-0.39, 0.29) is 25.7 Å². The molecule has 2 N–H and O–H groups in total. The van der Waals surface area contributed by atoms with E-state index < -0.39 is 12.1 Å². The number of halogens is 3. The first-order valence-electron chi connectivity index (χ1n) is 6.00. The van der Waals surface area contributed by atoms with Gasteiger partial charge in [0.1, 0.15) is 0 Å². The van der Waals surface area contributed by atoms with Gasteiger partial charge in [-0.15, -0.1) is 0 Å². The molecule has 0 saturated carbocycles. The molecule has 1 aliphatic heterocycles. The summed E-state index contributed by atoms with van der Waals surface area (Å²) in [7, 11) is 0. The SMILES string of the molecule is N#CC(CN(CCO)CC1CCCN1)C(F)(F)F. The second-order valence-electron chi connectivity index (χ2n) is 4.50. The first-order valence-corrected chi connectivity index (χ1v) is 6.00. The normalized spacial score (nSPS) is 22.1. The van der Waals surface area contributed by atoms with Gasteiger partial charge >= 0.3 is 6.18 Å². The van der Waals surface area contributed by atoms with E-state index in [1.807, 2.05) is 0 Å². The van der Waals surface area contributed by atoms with Crippen LogP contribution in [0, 0.1) is 17.2 Å². The molecule has 0 radical (unpaired) electrons. The summed E-state index contributed by atoms with van der Waals surface area (Å²) in [6, 6.07) is 1.44. The van der Waals surface area contributed by atoms with Crippen LogP contribution >= 0.6 is 0 Å². The number of nitrogens with zero attached hydrogens (tertiary/aromatic N) is 2. The molecule has 7 heteroatoms. The van der Waals surface area contributed by atoms with Crippen molar-refractivity contribution < 1.29 is 18.3 Å². The summed E-state index contributed by atoms with van der Waals surface area (Å²) in [4.78, 5) is 1.50. The van der Waals surface area contributed by atoms with Crippen LogP contribution < -0.4 is 5.32 Å². The van der Waals surface area contributed by atoms with Gasteiger partial charge in [-0.1, -0.05) is 0 Å². The molecule has 0 aromatic carbocycles. The molecule has 18 heavy (non-hydrogen) atoms. The summed E-state index contributed by atoms with van der Waals surface area (Å²) >= 11 is 0. The zero-order valence-corrected chi connectivity index (χ0v) is 10.1. The molecule has 4 nitrogen and oxygen atoms in total. The predicted molar refractivity (Wildman–Crippen MR) is 59.7 cm³/mol. The number of nitrogens with one attached hydrogen (secondary N) is 1. The Hall–Kier alpha value is -0.840. The minimum absolute atomic E-state index is 0.157. The summed E-state index contributed by atoms with van der Waals surface area (Å²) in [5.74, 6) is -1.99. The molecule has 1 rings (SSSR count). The van der Waals surface area contributed by atoms with Crippen molar-refractivity contribution in [1.82, 2.24) is 10.2 Å². The number of rotatable bonds is 6. The molecule has 0 spiro atoms. The van der Waals surface area contributed by atoms with E-state index in [2.05, 4.69) is 5.32 Å². The Morgan fingerprint density at radius 1 is 1.50 bits per heavy atom. The maximum absolute atomic E-state index is 12.5. The van der Waals surface area contributed by atoms with E-state index in [1.54, 1.807) is 0 Å². The van der Waals surface area contributed by atoms with Crippen molar-refractivity contribution in [3.05, 3.63) is 0 Å². The fourth-order valence-corrected chi connectivity index (χ4v) is 2.10. The molecule has 1 saturated heterocycles. The van der Waals surface area contributed by atoms with E-state index in [0.717, 1.165) is 19.4 Å². The van der Waals surface area contributed by atoms with Gasteiger partial charge in [0, 0.05) is 25.7 Å². The number of aliphatic hydroxyl groups excluding tert-OH is 1. The zero-order chi connectivity index (χ0) is 13.6. The van der Waals surface area contributed by atoms with Crippen molar-refractivity contribution in [2.24, 2.45) is 5.92 Å². The fourth-order valence-electron chi connectivity index (χ4n) is 2.10. The molecular weight excluding hydrogens is 247 g/mol. The van der Waals surface area contributed by atoms with E-state index in [4.69, 9.17) is 10.4 Å².